The minimum Gasteiger partial charge on any atom is -0.353 e. The molecule has 0 amide bonds. The monoisotopic (exact) mass is 476 g/mol. The third-order valence-electron chi connectivity index (χ3n) is 7.43. The SMILES string of the molecule is CCCC/C=C\C[C@H]1C(=O)C[C@@H](OC2CCCCO2)[C@@H]1/C=C/C1(CCCCCCC)OCCO1. The summed E-state index contributed by atoms with van der Waals surface area (Å²) in [6, 6.07) is 0. The van der Waals surface area contributed by atoms with Crippen molar-refractivity contribution in [3.05, 3.63) is 24.3 Å². The molecule has 0 aromatic rings. The summed E-state index contributed by atoms with van der Waals surface area (Å²) in [7, 11) is 0. The van der Waals surface area contributed by atoms with Gasteiger partial charge in [-0.1, -0.05) is 70.6 Å². The summed E-state index contributed by atoms with van der Waals surface area (Å²) < 4.78 is 24.4. The molecule has 0 spiro atoms. The first-order valence-corrected chi connectivity index (χ1v) is 14.1. The fraction of sp³-hybridized carbons (Fsp3) is 0.828. The van der Waals surface area contributed by atoms with Gasteiger partial charge < -0.3 is 18.9 Å². The summed E-state index contributed by atoms with van der Waals surface area (Å²) in [6.07, 6.45) is 23.2. The van der Waals surface area contributed by atoms with Crippen LogP contribution < -0.4 is 0 Å². The first kappa shape index (κ1) is 27.6. The van der Waals surface area contributed by atoms with Crippen molar-refractivity contribution in [3.8, 4) is 0 Å². The lowest BCUT2D eigenvalue weighted by molar-refractivity contribution is -0.192. The van der Waals surface area contributed by atoms with Crippen LogP contribution in [0.5, 0.6) is 0 Å². The zero-order valence-electron chi connectivity index (χ0n) is 21.7. The topological polar surface area (TPSA) is 54.0 Å². The Kier molecular flexibility index (Phi) is 12.3. The third kappa shape index (κ3) is 8.58. The van der Waals surface area contributed by atoms with Crippen molar-refractivity contribution in [1.29, 1.82) is 0 Å². The van der Waals surface area contributed by atoms with Gasteiger partial charge in [-0.25, -0.2) is 0 Å². The lowest BCUT2D eigenvalue weighted by Crippen LogP contribution is -2.32. The second-order valence-electron chi connectivity index (χ2n) is 10.2. The number of Topliss-reactive ketones (excluding diaryl/α,β-unsaturated/α-hetero) is 1. The number of hydrogen-bond donors (Lipinski definition) is 0. The number of unbranched alkanes of at least 4 members (excludes halogenated alkanes) is 6. The Morgan fingerprint density at radius 3 is 2.50 bits per heavy atom. The number of ketones is 1. The summed E-state index contributed by atoms with van der Waals surface area (Å²) in [5, 5.41) is 0. The van der Waals surface area contributed by atoms with Crippen molar-refractivity contribution >= 4 is 5.78 Å². The normalized spacial score (nSPS) is 29.6. The molecule has 1 saturated carbocycles. The third-order valence-corrected chi connectivity index (χ3v) is 7.43. The van der Waals surface area contributed by atoms with Gasteiger partial charge in [0.25, 0.3) is 0 Å². The quantitative estimate of drug-likeness (QED) is 0.190. The maximum atomic E-state index is 13.1. The van der Waals surface area contributed by atoms with Gasteiger partial charge in [-0.15, -0.1) is 0 Å². The van der Waals surface area contributed by atoms with E-state index in [0.717, 1.165) is 51.6 Å². The number of allylic oxidation sites excluding steroid dienone is 2. The molecule has 0 bridgehead atoms. The van der Waals surface area contributed by atoms with E-state index < -0.39 is 5.79 Å². The minimum atomic E-state index is -0.648. The van der Waals surface area contributed by atoms with Crippen LogP contribution in [0.25, 0.3) is 0 Å². The molecule has 2 aliphatic heterocycles. The fourth-order valence-corrected chi connectivity index (χ4v) is 5.37. The molecule has 34 heavy (non-hydrogen) atoms. The lowest BCUT2D eigenvalue weighted by Gasteiger charge is -2.29. The van der Waals surface area contributed by atoms with E-state index in [9.17, 15) is 4.79 Å². The summed E-state index contributed by atoms with van der Waals surface area (Å²) >= 11 is 0. The summed E-state index contributed by atoms with van der Waals surface area (Å²) in [4.78, 5) is 13.1. The maximum Gasteiger partial charge on any atom is 0.187 e. The van der Waals surface area contributed by atoms with Crippen LogP contribution in [0, 0.1) is 11.8 Å². The predicted octanol–water partition coefficient (Wildman–Crippen LogP) is 6.90. The molecular weight excluding hydrogens is 428 g/mol. The number of carbonyl (C=O) groups excluding carboxylic acids is 1. The Balaban J connectivity index is 1.68. The smallest absolute Gasteiger partial charge is 0.187 e. The van der Waals surface area contributed by atoms with Crippen LogP contribution in [0.3, 0.4) is 0 Å². The van der Waals surface area contributed by atoms with Crippen LogP contribution in [0.4, 0.5) is 0 Å². The Bertz CT molecular complexity index is 630. The number of carbonyl (C=O) groups is 1. The van der Waals surface area contributed by atoms with Gasteiger partial charge in [0.2, 0.25) is 0 Å². The minimum absolute atomic E-state index is 0.0265. The van der Waals surface area contributed by atoms with E-state index in [2.05, 4.69) is 38.2 Å². The predicted molar refractivity (Wildman–Crippen MR) is 136 cm³/mol. The molecule has 0 radical (unpaired) electrons. The van der Waals surface area contributed by atoms with E-state index in [1.165, 1.54) is 38.5 Å². The maximum absolute atomic E-state index is 13.1. The first-order valence-electron chi connectivity index (χ1n) is 14.1. The molecule has 2 saturated heterocycles. The van der Waals surface area contributed by atoms with Crippen LogP contribution in [-0.2, 0) is 23.7 Å². The van der Waals surface area contributed by atoms with Crippen molar-refractivity contribution in [2.24, 2.45) is 11.8 Å². The van der Waals surface area contributed by atoms with Gasteiger partial charge in [0, 0.05) is 31.3 Å². The Morgan fingerprint density at radius 2 is 1.76 bits per heavy atom. The van der Waals surface area contributed by atoms with Crippen LogP contribution >= 0.6 is 0 Å². The van der Waals surface area contributed by atoms with Gasteiger partial charge in [0.05, 0.1) is 19.3 Å². The molecule has 0 aromatic heterocycles. The van der Waals surface area contributed by atoms with E-state index in [0.29, 0.717) is 25.4 Å². The van der Waals surface area contributed by atoms with Gasteiger partial charge in [0.15, 0.2) is 12.1 Å². The number of hydrogen-bond acceptors (Lipinski definition) is 5. The van der Waals surface area contributed by atoms with Crippen molar-refractivity contribution in [2.45, 2.75) is 122 Å². The van der Waals surface area contributed by atoms with Gasteiger partial charge in [0.1, 0.15) is 5.78 Å². The van der Waals surface area contributed by atoms with Crippen molar-refractivity contribution in [3.63, 3.8) is 0 Å². The number of rotatable bonds is 15. The van der Waals surface area contributed by atoms with E-state index in [1.807, 2.05) is 0 Å². The Labute approximate surface area is 207 Å². The van der Waals surface area contributed by atoms with Gasteiger partial charge in [-0.2, -0.15) is 0 Å². The highest BCUT2D eigenvalue weighted by Gasteiger charge is 2.43. The highest BCUT2D eigenvalue weighted by atomic mass is 16.7. The van der Waals surface area contributed by atoms with Crippen LogP contribution in [0.15, 0.2) is 24.3 Å². The van der Waals surface area contributed by atoms with Crippen LogP contribution in [-0.4, -0.2) is 43.8 Å². The van der Waals surface area contributed by atoms with Crippen LogP contribution in [0.1, 0.15) is 104 Å². The molecule has 1 unspecified atom stereocenters. The highest BCUT2D eigenvalue weighted by molar-refractivity contribution is 5.85. The van der Waals surface area contributed by atoms with E-state index in [-0.39, 0.29) is 24.2 Å². The Morgan fingerprint density at radius 1 is 0.971 bits per heavy atom. The molecule has 1 aliphatic carbocycles. The Hall–Kier alpha value is -1.01. The molecule has 0 aromatic carbocycles. The molecule has 0 N–H and O–H groups in total. The van der Waals surface area contributed by atoms with Gasteiger partial charge in [-0.3, -0.25) is 4.79 Å². The van der Waals surface area contributed by atoms with Gasteiger partial charge >= 0.3 is 0 Å². The molecule has 5 nitrogen and oxygen atoms in total. The second kappa shape index (κ2) is 15.2. The molecule has 5 heteroatoms. The molecule has 194 valence electrons. The second-order valence-corrected chi connectivity index (χ2v) is 10.2. The molecular formula is C29H48O5. The largest absolute Gasteiger partial charge is 0.353 e. The zero-order valence-corrected chi connectivity index (χ0v) is 21.7. The summed E-state index contributed by atoms with van der Waals surface area (Å²) in [5.41, 5.74) is 0. The average molecular weight is 477 g/mol. The molecule has 2 heterocycles. The van der Waals surface area contributed by atoms with E-state index in [4.69, 9.17) is 18.9 Å². The molecule has 3 rings (SSSR count). The van der Waals surface area contributed by atoms with E-state index in [1.54, 1.807) is 0 Å². The van der Waals surface area contributed by atoms with Crippen molar-refractivity contribution in [2.75, 3.05) is 19.8 Å². The first-order chi connectivity index (χ1) is 16.7. The van der Waals surface area contributed by atoms with Crippen molar-refractivity contribution < 1.29 is 23.7 Å². The van der Waals surface area contributed by atoms with Crippen molar-refractivity contribution in [1.82, 2.24) is 0 Å². The zero-order chi connectivity index (χ0) is 24.1. The number of ether oxygens (including phenoxy) is 4. The molecule has 3 fully saturated rings. The van der Waals surface area contributed by atoms with Gasteiger partial charge in [-0.05, 0) is 44.6 Å². The molecule has 4 atom stereocenters. The lowest BCUT2D eigenvalue weighted by atomic mass is 9.89. The van der Waals surface area contributed by atoms with E-state index >= 15 is 0 Å². The summed E-state index contributed by atoms with van der Waals surface area (Å²) in [5.74, 6) is -0.368. The average Bonchev–Trinajstić information content (AvgIpc) is 3.43. The summed E-state index contributed by atoms with van der Waals surface area (Å²) in [6.45, 7) is 6.45. The standard InChI is InChI=1S/C29H48O5/c1-3-5-7-9-11-15-24-25(27(23-26(24)30)34-28-16-12-14-20-31-28)17-19-29(32-21-22-33-29)18-13-10-8-6-4-2/h9,11,17,19,24-25,27-28H,3-8,10,12-16,18,20-23H2,1-2H3/b11-9-,19-17+/t24-,25-,27-,28?/m1/s1. The highest BCUT2D eigenvalue weighted by Crippen LogP contribution is 2.38. The fourth-order valence-electron chi connectivity index (χ4n) is 5.37. The molecule has 3 aliphatic rings. The van der Waals surface area contributed by atoms with Crippen LogP contribution in [0.2, 0.25) is 0 Å².